The molecule has 1 N–H and O–H groups in total. The first-order valence-electron chi connectivity index (χ1n) is 11.2. The third kappa shape index (κ3) is 3.78. The number of ether oxygens (including phenoxy) is 1. The number of aryl methyl sites for hydroxylation is 3. The van der Waals surface area contributed by atoms with Gasteiger partial charge in [0.2, 0.25) is 0 Å². The lowest BCUT2D eigenvalue weighted by atomic mass is 9.95. The Labute approximate surface area is 207 Å². The van der Waals surface area contributed by atoms with E-state index in [1.165, 1.54) is 16.2 Å². The molecule has 7 heteroatoms. The van der Waals surface area contributed by atoms with E-state index in [1.54, 1.807) is 25.3 Å². The fraction of sp³-hybridized carbons (Fsp3) is 0.179. The van der Waals surface area contributed by atoms with Gasteiger partial charge in [0.05, 0.1) is 28.9 Å². The number of amides is 1. The topological polar surface area (TPSA) is 79.7 Å². The minimum atomic E-state index is -0.805. The maximum absolute atomic E-state index is 13.4. The predicted molar refractivity (Wildman–Crippen MR) is 138 cm³/mol. The molecule has 2 heterocycles. The number of Topliss-reactive ketones (excluding diaryl/α,β-unsaturated/α-hetero) is 1. The molecule has 0 radical (unpaired) electrons. The normalized spacial score (nSPS) is 17.4. The van der Waals surface area contributed by atoms with Crippen molar-refractivity contribution in [1.29, 1.82) is 0 Å². The summed E-state index contributed by atoms with van der Waals surface area (Å²) >= 11 is 1.37. The number of hydrogen-bond donors (Lipinski definition) is 1. The van der Waals surface area contributed by atoms with E-state index in [1.807, 2.05) is 63.2 Å². The molecule has 5 rings (SSSR count). The lowest BCUT2D eigenvalue weighted by Crippen LogP contribution is -2.29. The third-order valence-electron chi connectivity index (χ3n) is 6.25. The summed E-state index contributed by atoms with van der Waals surface area (Å²) in [4.78, 5) is 33.0. The van der Waals surface area contributed by atoms with Gasteiger partial charge in [-0.3, -0.25) is 14.5 Å². The van der Waals surface area contributed by atoms with Crippen molar-refractivity contribution in [1.82, 2.24) is 4.98 Å². The number of thiazole rings is 1. The largest absolute Gasteiger partial charge is 0.507 e. The number of nitrogens with zero attached hydrogens (tertiary/aromatic N) is 2. The van der Waals surface area contributed by atoms with Gasteiger partial charge in [0.15, 0.2) is 5.13 Å². The van der Waals surface area contributed by atoms with E-state index in [2.05, 4.69) is 0 Å². The third-order valence-corrected chi connectivity index (χ3v) is 7.25. The van der Waals surface area contributed by atoms with Gasteiger partial charge in [-0.05, 0) is 67.3 Å². The monoisotopic (exact) mass is 484 g/mol. The van der Waals surface area contributed by atoms with Gasteiger partial charge >= 0.3 is 5.91 Å². The van der Waals surface area contributed by atoms with Crippen molar-refractivity contribution in [2.24, 2.45) is 0 Å². The van der Waals surface area contributed by atoms with Crippen LogP contribution in [0.2, 0.25) is 0 Å². The standard InChI is InChI=1S/C28H24N2O4S/c1-15-12-17(3)23-21(13-15)35-28(29-23)30-24(18-8-6-5-7-9-18)22(26(32)27(30)33)25(31)19-10-11-20(34-4)16(2)14-19/h5-14,24,31H,1-4H3/t24-/m1/s1. The zero-order valence-corrected chi connectivity index (χ0v) is 20.6. The minimum Gasteiger partial charge on any atom is -0.507 e. The number of aromatic nitrogens is 1. The summed E-state index contributed by atoms with van der Waals surface area (Å²) in [6.07, 6.45) is 0. The molecule has 176 valence electrons. The van der Waals surface area contributed by atoms with E-state index in [0.717, 1.165) is 26.9 Å². The zero-order chi connectivity index (χ0) is 24.9. The van der Waals surface area contributed by atoms with Crippen molar-refractivity contribution < 1.29 is 19.4 Å². The molecule has 0 unspecified atom stereocenters. The molecule has 0 bridgehead atoms. The molecule has 1 fully saturated rings. The second-order valence-electron chi connectivity index (χ2n) is 8.69. The van der Waals surface area contributed by atoms with Crippen LogP contribution in [-0.4, -0.2) is 28.9 Å². The van der Waals surface area contributed by atoms with Gasteiger partial charge in [-0.15, -0.1) is 0 Å². The van der Waals surface area contributed by atoms with E-state index in [0.29, 0.717) is 22.0 Å². The Bertz CT molecular complexity index is 1520. The molecular formula is C28H24N2O4S. The number of hydrogen-bond acceptors (Lipinski definition) is 6. The second kappa shape index (κ2) is 8.67. The number of methoxy groups -OCH3 is 1. The second-order valence-corrected chi connectivity index (χ2v) is 9.70. The molecule has 1 aliphatic heterocycles. The molecule has 6 nitrogen and oxygen atoms in total. The Balaban J connectivity index is 1.72. The maximum Gasteiger partial charge on any atom is 0.301 e. The van der Waals surface area contributed by atoms with Gasteiger partial charge in [-0.1, -0.05) is 47.7 Å². The van der Waals surface area contributed by atoms with Gasteiger partial charge in [-0.25, -0.2) is 4.98 Å². The average molecular weight is 485 g/mol. The number of rotatable bonds is 4. The number of ketones is 1. The van der Waals surface area contributed by atoms with Gasteiger partial charge in [0, 0.05) is 5.56 Å². The highest BCUT2D eigenvalue weighted by Crippen LogP contribution is 2.44. The summed E-state index contributed by atoms with van der Waals surface area (Å²) in [5.74, 6) is -1.00. The lowest BCUT2D eigenvalue weighted by Gasteiger charge is -2.23. The molecule has 0 spiro atoms. The molecule has 0 aliphatic carbocycles. The minimum absolute atomic E-state index is 0.0397. The number of aliphatic hydroxyl groups excluding tert-OH is 1. The molecule has 1 aromatic heterocycles. The van der Waals surface area contributed by atoms with Gasteiger partial charge in [0.25, 0.3) is 5.78 Å². The molecule has 35 heavy (non-hydrogen) atoms. The first kappa shape index (κ1) is 22.8. The van der Waals surface area contributed by atoms with Crippen LogP contribution >= 0.6 is 11.3 Å². The van der Waals surface area contributed by atoms with Gasteiger partial charge < -0.3 is 9.84 Å². The van der Waals surface area contributed by atoms with Crippen molar-refractivity contribution in [3.05, 3.63) is 94.1 Å². The van der Waals surface area contributed by atoms with Crippen LogP contribution in [0.4, 0.5) is 5.13 Å². The molecule has 1 atom stereocenters. The van der Waals surface area contributed by atoms with E-state index in [4.69, 9.17) is 9.72 Å². The zero-order valence-electron chi connectivity index (χ0n) is 19.8. The van der Waals surface area contributed by atoms with Crippen LogP contribution in [0.25, 0.3) is 16.0 Å². The Kier molecular flexibility index (Phi) is 5.65. The predicted octanol–water partition coefficient (Wildman–Crippen LogP) is 5.86. The lowest BCUT2D eigenvalue weighted by molar-refractivity contribution is -0.132. The molecule has 4 aromatic rings. The summed E-state index contributed by atoms with van der Waals surface area (Å²) in [7, 11) is 1.57. The number of fused-ring (bicyclic) bond motifs is 1. The Morgan fingerprint density at radius 3 is 2.43 bits per heavy atom. The van der Waals surface area contributed by atoms with E-state index < -0.39 is 17.7 Å². The van der Waals surface area contributed by atoms with Crippen molar-refractivity contribution >= 4 is 44.1 Å². The summed E-state index contributed by atoms with van der Waals surface area (Å²) in [6, 6.07) is 17.7. The molecule has 0 saturated carbocycles. The van der Waals surface area contributed by atoms with E-state index in [-0.39, 0.29) is 11.3 Å². The summed E-state index contributed by atoms with van der Waals surface area (Å²) in [6.45, 7) is 5.85. The highest BCUT2D eigenvalue weighted by atomic mass is 32.1. The van der Waals surface area contributed by atoms with Crippen LogP contribution in [-0.2, 0) is 9.59 Å². The molecule has 3 aromatic carbocycles. The van der Waals surface area contributed by atoms with E-state index in [9.17, 15) is 14.7 Å². The average Bonchev–Trinajstić information content (AvgIpc) is 3.38. The van der Waals surface area contributed by atoms with Crippen LogP contribution in [0.5, 0.6) is 5.75 Å². The fourth-order valence-corrected chi connectivity index (χ4v) is 5.79. The highest BCUT2D eigenvalue weighted by molar-refractivity contribution is 7.22. The first-order valence-corrected chi connectivity index (χ1v) is 12.0. The van der Waals surface area contributed by atoms with Crippen LogP contribution in [0.3, 0.4) is 0 Å². The van der Waals surface area contributed by atoms with Crippen LogP contribution in [0.15, 0.2) is 66.2 Å². The number of carbonyl (C=O) groups excluding carboxylic acids is 2. The van der Waals surface area contributed by atoms with Crippen LogP contribution < -0.4 is 9.64 Å². The maximum atomic E-state index is 13.4. The molecule has 1 amide bonds. The highest BCUT2D eigenvalue weighted by Gasteiger charge is 2.48. The van der Waals surface area contributed by atoms with E-state index >= 15 is 0 Å². The van der Waals surface area contributed by atoms with Crippen molar-refractivity contribution in [2.45, 2.75) is 26.8 Å². The summed E-state index contributed by atoms with van der Waals surface area (Å²) in [5.41, 5.74) is 4.90. The fourth-order valence-electron chi connectivity index (χ4n) is 4.62. The van der Waals surface area contributed by atoms with Crippen LogP contribution in [0.1, 0.15) is 33.9 Å². The Morgan fingerprint density at radius 1 is 1.00 bits per heavy atom. The van der Waals surface area contributed by atoms with Crippen molar-refractivity contribution in [3.63, 3.8) is 0 Å². The first-order chi connectivity index (χ1) is 16.8. The van der Waals surface area contributed by atoms with Crippen molar-refractivity contribution in [3.8, 4) is 5.75 Å². The van der Waals surface area contributed by atoms with Crippen molar-refractivity contribution in [2.75, 3.05) is 12.0 Å². The molecule has 1 aliphatic rings. The quantitative estimate of drug-likeness (QED) is 0.223. The summed E-state index contributed by atoms with van der Waals surface area (Å²) in [5, 5.41) is 11.8. The van der Waals surface area contributed by atoms with Gasteiger partial charge in [-0.2, -0.15) is 0 Å². The Morgan fingerprint density at radius 2 is 1.74 bits per heavy atom. The number of aliphatic hydroxyl groups is 1. The molecule has 1 saturated heterocycles. The number of anilines is 1. The number of benzene rings is 3. The van der Waals surface area contributed by atoms with Gasteiger partial charge in [0.1, 0.15) is 11.5 Å². The summed E-state index contributed by atoms with van der Waals surface area (Å²) < 4.78 is 6.26. The SMILES string of the molecule is COc1ccc(C(O)=C2C(=O)C(=O)N(c3nc4c(C)cc(C)cc4s3)[C@@H]2c2ccccc2)cc1C. The Hall–Kier alpha value is -3.97. The molecular weight excluding hydrogens is 460 g/mol. The smallest absolute Gasteiger partial charge is 0.301 e. The number of carbonyl (C=O) groups is 2. The van der Waals surface area contributed by atoms with Crippen LogP contribution in [0, 0.1) is 20.8 Å².